The van der Waals surface area contributed by atoms with Crippen molar-refractivity contribution in [2.75, 3.05) is 11.9 Å². The van der Waals surface area contributed by atoms with E-state index in [1.165, 1.54) is 37.8 Å². The van der Waals surface area contributed by atoms with Gasteiger partial charge in [-0.15, -0.1) is 11.3 Å². The molecule has 1 heterocycles. The van der Waals surface area contributed by atoms with Crippen LogP contribution in [0.15, 0.2) is 29.6 Å². The number of benzene rings is 1. The van der Waals surface area contributed by atoms with Gasteiger partial charge in [0.15, 0.2) is 5.13 Å². The average Bonchev–Trinajstić information content (AvgIpc) is 3.18. The van der Waals surface area contributed by atoms with E-state index >= 15 is 0 Å². The molecule has 0 spiro atoms. The van der Waals surface area contributed by atoms with Crippen LogP contribution in [-0.2, 0) is 11.2 Å². The molecule has 172 valence electrons. The number of nitrogens with zero attached hydrogens (tertiary/aromatic N) is 1. The van der Waals surface area contributed by atoms with Crippen molar-refractivity contribution in [1.82, 2.24) is 4.98 Å². The number of nitrogens with one attached hydrogen (secondary N) is 1. The Hall–Kier alpha value is -1.75. The van der Waals surface area contributed by atoms with Crippen LogP contribution in [0.1, 0.15) is 90.3 Å². The summed E-state index contributed by atoms with van der Waals surface area (Å²) in [5.74, 6) is 0.494. The van der Waals surface area contributed by atoms with Gasteiger partial charge in [-0.25, -0.2) is 9.37 Å². The first-order chi connectivity index (χ1) is 14.7. The van der Waals surface area contributed by atoms with E-state index in [0.29, 0.717) is 6.42 Å². The molecule has 0 aliphatic rings. The van der Waals surface area contributed by atoms with Crippen molar-refractivity contribution < 1.29 is 9.18 Å². The van der Waals surface area contributed by atoms with Gasteiger partial charge < -0.3 is 5.32 Å². The minimum Gasteiger partial charge on any atom is -0.362 e. The highest BCUT2D eigenvalue weighted by molar-refractivity contribution is 7.13. The number of halogens is 1. The Morgan fingerprint density at radius 3 is 2.48 bits per heavy atom. The number of Topliss-reactive ketones (excluding diaryl/α,β-unsaturated/α-hetero) is 1. The van der Waals surface area contributed by atoms with Crippen LogP contribution in [0.3, 0.4) is 0 Å². The summed E-state index contributed by atoms with van der Waals surface area (Å²) in [7, 11) is 0. The van der Waals surface area contributed by atoms with Gasteiger partial charge in [-0.3, -0.25) is 4.79 Å². The van der Waals surface area contributed by atoms with Crippen molar-refractivity contribution in [3.63, 3.8) is 0 Å². The highest BCUT2D eigenvalue weighted by Gasteiger charge is 2.30. The Kier molecular flexibility index (Phi) is 10.1. The van der Waals surface area contributed by atoms with E-state index in [2.05, 4.69) is 24.5 Å². The largest absolute Gasteiger partial charge is 0.362 e. The standard InChI is InChI=1S/C26H39FN2OS/c1-6-19(2)10-8-7-9-17-28-25-29-22(18-31-25)15-16-23(24(30)26(3,4)5)20-11-13-21(27)14-12-20/h11-14,18-19,23H,6-10,15-17H2,1-5H3,(H,28,29). The van der Waals surface area contributed by atoms with Crippen LogP contribution in [0.2, 0.25) is 0 Å². The number of carbonyl (C=O) groups excluding carboxylic acids is 1. The number of hydrogen-bond donors (Lipinski definition) is 1. The lowest BCUT2D eigenvalue weighted by molar-refractivity contribution is -0.128. The van der Waals surface area contributed by atoms with Crippen LogP contribution >= 0.6 is 11.3 Å². The van der Waals surface area contributed by atoms with Gasteiger partial charge in [-0.2, -0.15) is 0 Å². The van der Waals surface area contributed by atoms with Gasteiger partial charge in [-0.1, -0.05) is 72.4 Å². The van der Waals surface area contributed by atoms with Crippen LogP contribution in [0.4, 0.5) is 9.52 Å². The van der Waals surface area contributed by atoms with Crippen molar-refractivity contribution in [3.8, 4) is 0 Å². The summed E-state index contributed by atoms with van der Waals surface area (Å²) < 4.78 is 13.4. The monoisotopic (exact) mass is 446 g/mol. The molecular formula is C26H39FN2OS. The molecule has 2 rings (SSSR count). The van der Waals surface area contributed by atoms with Crippen LogP contribution in [0.25, 0.3) is 0 Å². The lowest BCUT2D eigenvalue weighted by Gasteiger charge is -2.25. The number of ketones is 1. The molecule has 2 atom stereocenters. The summed E-state index contributed by atoms with van der Waals surface area (Å²) >= 11 is 1.63. The Bertz CT molecular complexity index is 794. The number of carbonyl (C=O) groups is 1. The minimum absolute atomic E-state index is 0.185. The maximum atomic E-state index is 13.4. The number of hydrogen-bond acceptors (Lipinski definition) is 4. The van der Waals surface area contributed by atoms with Gasteiger partial charge in [0.05, 0.1) is 5.69 Å². The van der Waals surface area contributed by atoms with Crippen molar-refractivity contribution in [2.45, 2.75) is 85.5 Å². The van der Waals surface area contributed by atoms with Crippen molar-refractivity contribution in [2.24, 2.45) is 11.3 Å². The highest BCUT2D eigenvalue weighted by atomic mass is 32.1. The number of aromatic nitrogens is 1. The van der Waals surface area contributed by atoms with Crippen molar-refractivity contribution in [3.05, 3.63) is 46.7 Å². The molecule has 0 radical (unpaired) electrons. The molecule has 1 N–H and O–H groups in total. The molecule has 0 bridgehead atoms. The van der Waals surface area contributed by atoms with E-state index in [4.69, 9.17) is 4.98 Å². The Morgan fingerprint density at radius 2 is 1.84 bits per heavy atom. The molecule has 0 fully saturated rings. The second-order valence-electron chi connectivity index (χ2n) is 9.69. The topological polar surface area (TPSA) is 42.0 Å². The van der Waals surface area contributed by atoms with Crippen LogP contribution in [0.5, 0.6) is 0 Å². The number of thiazole rings is 1. The third-order valence-corrected chi connectivity index (χ3v) is 6.76. The van der Waals surface area contributed by atoms with Crippen molar-refractivity contribution >= 4 is 22.3 Å². The zero-order valence-electron chi connectivity index (χ0n) is 19.8. The third-order valence-electron chi connectivity index (χ3n) is 5.92. The molecule has 0 saturated carbocycles. The van der Waals surface area contributed by atoms with E-state index in [1.807, 2.05) is 20.8 Å². The van der Waals surface area contributed by atoms with Gasteiger partial charge in [0.25, 0.3) is 0 Å². The SMILES string of the molecule is CCC(C)CCCCCNc1nc(CCC(C(=O)C(C)(C)C)c2ccc(F)cc2)cs1. The first-order valence-electron chi connectivity index (χ1n) is 11.7. The smallest absolute Gasteiger partial charge is 0.182 e. The Labute approximate surface area is 191 Å². The predicted octanol–water partition coefficient (Wildman–Crippen LogP) is 7.63. The average molecular weight is 447 g/mol. The fourth-order valence-electron chi connectivity index (χ4n) is 3.66. The van der Waals surface area contributed by atoms with E-state index < -0.39 is 5.41 Å². The summed E-state index contributed by atoms with van der Waals surface area (Å²) in [5, 5.41) is 6.47. The maximum Gasteiger partial charge on any atom is 0.182 e. The lowest BCUT2D eigenvalue weighted by Crippen LogP contribution is -2.27. The van der Waals surface area contributed by atoms with Crippen LogP contribution in [0, 0.1) is 17.2 Å². The fraction of sp³-hybridized carbons (Fsp3) is 0.615. The zero-order chi connectivity index (χ0) is 22.9. The highest BCUT2D eigenvalue weighted by Crippen LogP contribution is 2.31. The van der Waals surface area contributed by atoms with Gasteiger partial charge in [-0.05, 0) is 42.9 Å². The van der Waals surface area contributed by atoms with Crippen LogP contribution < -0.4 is 5.32 Å². The molecule has 0 saturated heterocycles. The Balaban J connectivity index is 1.86. The summed E-state index contributed by atoms with van der Waals surface area (Å²) in [6.07, 6.45) is 7.72. The van der Waals surface area contributed by atoms with E-state index in [0.717, 1.165) is 41.7 Å². The predicted molar refractivity (Wildman–Crippen MR) is 130 cm³/mol. The molecule has 1 aromatic carbocycles. The molecule has 1 aromatic heterocycles. The molecule has 0 aliphatic carbocycles. The van der Waals surface area contributed by atoms with Crippen molar-refractivity contribution in [1.29, 1.82) is 0 Å². The zero-order valence-corrected chi connectivity index (χ0v) is 20.7. The molecular weight excluding hydrogens is 407 g/mol. The quantitative estimate of drug-likeness (QED) is 0.322. The number of anilines is 1. The summed E-state index contributed by atoms with van der Waals surface area (Å²) in [6, 6.07) is 6.34. The Morgan fingerprint density at radius 1 is 1.13 bits per heavy atom. The first-order valence-corrected chi connectivity index (χ1v) is 12.6. The summed E-state index contributed by atoms with van der Waals surface area (Å²) in [5.41, 5.74) is 1.45. The van der Waals surface area contributed by atoms with Gasteiger partial charge >= 0.3 is 0 Å². The second kappa shape index (κ2) is 12.3. The normalized spacial score (nSPS) is 13.7. The lowest BCUT2D eigenvalue weighted by atomic mass is 9.78. The number of unbranched alkanes of at least 4 members (excludes halogenated alkanes) is 2. The first kappa shape index (κ1) is 25.5. The summed E-state index contributed by atoms with van der Waals surface area (Å²) in [6.45, 7) is 11.4. The number of aryl methyl sites for hydroxylation is 1. The molecule has 31 heavy (non-hydrogen) atoms. The maximum absolute atomic E-state index is 13.4. The van der Waals surface area contributed by atoms with E-state index in [9.17, 15) is 9.18 Å². The number of rotatable bonds is 13. The van der Waals surface area contributed by atoms with Gasteiger partial charge in [0.1, 0.15) is 11.6 Å². The second-order valence-corrected chi connectivity index (χ2v) is 10.5. The third kappa shape index (κ3) is 8.72. The van der Waals surface area contributed by atoms with E-state index in [-0.39, 0.29) is 17.5 Å². The van der Waals surface area contributed by atoms with E-state index in [1.54, 1.807) is 23.5 Å². The summed E-state index contributed by atoms with van der Waals surface area (Å²) in [4.78, 5) is 17.7. The molecule has 2 aromatic rings. The molecule has 2 unspecified atom stereocenters. The van der Waals surface area contributed by atoms with Gasteiger partial charge in [0, 0.05) is 23.3 Å². The molecule has 0 aliphatic heterocycles. The molecule has 3 nitrogen and oxygen atoms in total. The minimum atomic E-state index is -0.442. The fourth-order valence-corrected chi connectivity index (χ4v) is 4.43. The van der Waals surface area contributed by atoms with Gasteiger partial charge in [0.2, 0.25) is 0 Å². The molecule has 5 heteroatoms. The molecule has 0 amide bonds. The van der Waals surface area contributed by atoms with Crippen LogP contribution in [-0.4, -0.2) is 17.3 Å².